The van der Waals surface area contributed by atoms with Crippen LogP contribution in [0.3, 0.4) is 0 Å². The third-order valence-electron chi connectivity index (χ3n) is 3.32. The maximum absolute atomic E-state index is 5.62. The molecule has 0 N–H and O–H groups in total. The Kier molecular flexibility index (Phi) is 4.26. The Hall–Kier alpha value is -1.90. The average Bonchev–Trinajstić information content (AvgIpc) is 3.28. The van der Waals surface area contributed by atoms with Crippen molar-refractivity contribution >= 4 is 6.08 Å². The highest BCUT2D eigenvalue weighted by Crippen LogP contribution is 2.38. The summed E-state index contributed by atoms with van der Waals surface area (Å²) in [7, 11) is 0. The summed E-state index contributed by atoms with van der Waals surface area (Å²) in [5, 5.41) is 0. The zero-order valence-electron chi connectivity index (χ0n) is 11.3. The number of hydrogen-bond acceptors (Lipinski definition) is 2. The van der Waals surface area contributed by atoms with Crippen LogP contribution in [-0.2, 0) is 9.47 Å². The normalized spacial score (nSPS) is 21.2. The summed E-state index contributed by atoms with van der Waals surface area (Å²) in [5.74, 6) is 0. The molecule has 1 heterocycles. The first-order chi connectivity index (χ1) is 9.93. The molecule has 102 valence electrons. The van der Waals surface area contributed by atoms with Crippen molar-refractivity contribution < 1.29 is 9.47 Å². The van der Waals surface area contributed by atoms with E-state index in [1.165, 1.54) is 11.1 Å². The van der Waals surface area contributed by atoms with Gasteiger partial charge in [0.15, 0.2) is 0 Å². The number of hydrogen-bond donors (Lipinski definition) is 0. The van der Waals surface area contributed by atoms with Gasteiger partial charge in [-0.25, -0.2) is 0 Å². The van der Waals surface area contributed by atoms with Crippen LogP contribution in [0.1, 0.15) is 17.2 Å². The van der Waals surface area contributed by atoms with Gasteiger partial charge in [0.25, 0.3) is 0 Å². The monoisotopic (exact) mass is 266 g/mol. The molecule has 0 amide bonds. The van der Waals surface area contributed by atoms with Crippen LogP contribution in [0.4, 0.5) is 0 Å². The van der Waals surface area contributed by atoms with Crippen LogP contribution in [-0.4, -0.2) is 19.3 Å². The van der Waals surface area contributed by atoms with Crippen molar-refractivity contribution in [2.75, 3.05) is 13.2 Å². The lowest BCUT2D eigenvalue weighted by Gasteiger charge is -1.98. The third kappa shape index (κ3) is 3.56. The van der Waals surface area contributed by atoms with Crippen LogP contribution in [0.2, 0.25) is 0 Å². The topological polar surface area (TPSA) is 21.8 Å². The highest BCUT2D eigenvalue weighted by Gasteiger charge is 2.39. The van der Waals surface area contributed by atoms with E-state index < -0.39 is 0 Å². The number of ether oxygens (including phenoxy) is 2. The Labute approximate surface area is 119 Å². The first-order valence-corrected chi connectivity index (χ1v) is 6.93. The van der Waals surface area contributed by atoms with Crippen molar-refractivity contribution in [2.45, 2.75) is 12.2 Å². The molecule has 1 aliphatic rings. The fourth-order valence-corrected chi connectivity index (χ4v) is 2.21. The van der Waals surface area contributed by atoms with E-state index in [9.17, 15) is 0 Å². The minimum atomic E-state index is 0.211. The SMILES string of the molecule is C(=Cc1ccccc1)COCC1OC1c1ccccc1. The van der Waals surface area contributed by atoms with Gasteiger partial charge >= 0.3 is 0 Å². The molecule has 1 fully saturated rings. The first-order valence-electron chi connectivity index (χ1n) is 6.93. The van der Waals surface area contributed by atoms with Gasteiger partial charge < -0.3 is 9.47 Å². The molecule has 2 heteroatoms. The van der Waals surface area contributed by atoms with Gasteiger partial charge in [-0.3, -0.25) is 0 Å². The smallest absolute Gasteiger partial charge is 0.112 e. The van der Waals surface area contributed by atoms with Gasteiger partial charge in [-0.2, -0.15) is 0 Å². The second-order valence-corrected chi connectivity index (χ2v) is 4.86. The molecule has 2 atom stereocenters. The predicted molar refractivity (Wildman–Crippen MR) is 80.4 cm³/mol. The van der Waals surface area contributed by atoms with E-state index in [0.717, 1.165) is 0 Å². The molecule has 0 radical (unpaired) electrons. The highest BCUT2D eigenvalue weighted by atomic mass is 16.6. The highest BCUT2D eigenvalue weighted by molar-refractivity contribution is 5.48. The lowest BCUT2D eigenvalue weighted by molar-refractivity contribution is 0.141. The van der Waals surface area contributed by atoms with Gasteiger partial charge in [0, 0.05) is 0 Å². The van der Waals surface area contributed by atoms with Gasteiger partial charge in [-0.05, 0) is 11.1 Å². The van der Waals surface area contributed by atoms with Crippen molar-refractivity contribution in [3.05, 3.63) is 77.9 Å². The second-order valence-electron chi connectivity index (χ2n) is 4.86. The minimum absolute atomic E-state index is 0.211. The van der Waals surface area contributed by atoms with Crippen molar-refractivity contribution in [3.8, 4) is 0 Å². The molecular formula is C18H18O2. The molecule has 2 aromatic rings. The molecule has 0 saturated carbocycles. The van der Waals surface area contributed by atoms with E-state index in [4.69, 9.17) is 9.47 Å². The zero-order chi connectivity index (χ0) is 13.6. The van der Waals surface area contributed by atoms with Gasteiger partial charge in [-0.1, -0.05) is 72.8 Å². The maximum atomic E-state index is 5.62. The number of benzene rings is 2. The molecule has 20 heavy (non-hydrogen) atoms. The van der Waals surface area contributed by atoms with Crippen molar-refractivity contribution in [1.82, 2.24) is 0 Å². The Morgan fingerprint density at radius 3 is 2.40 bits per heavy atom. The van der Waals surface area contributed by atoms with Crippen molar-refractivity contribution in [2.24, 2.45) is 0 Å². The van der Waals surface area contributed by atoms with Crippen LogP contribution >= 0.6 is 0 Å². The Bertz CT molecular complexity index is 548. The Balaban J connectivity index is 1.37. The van der Waals surface area contributed by atoms with Crippen LogP contribution in [0, 0.1) is 0 Å². The van der Waals surface area contributed by atoms with Crippen LogP contribution < -0.4 is 0 Å². The molecule has 0 spiro atoms. The van der Waals surface area contributed by atoms with Crippen molar-refractivity contribution in [1.29, 1.82) is 0 Å². The number of rotatable bonds is 6. The average molecular weight is 266 g/mol. The molecule has 0 aliphatic carbocycles. The van der Waals surface area contributed by atoms with Gasteiger partial charge in [0.2, 0.25) is 0 Å². The van der Waals surface area contributed by atoms with E-state index in [1.807, 2.05) is 42.5 Å². The zero-order valence-corrected chi connectivity index (χ0v) is 11.3. The molecule has 0 aromatic heterocycles. The minimum Gasteiger partial charge on any atom is -0.375 e. The summed E-state index contributed by atoms with van der Waals surface area (Å²) in [6.45, 7) is 1.27. The fourth-order valence-electron chi connectivity index (χ4n) is 2.21. The quantitative estimate of drug-likeness (QED) is 0.585. The molecular weight excluding hydrogens is 248 g/mol. The van der Waals surface area contributed by atoms with Crippen LogP contribution in [0.25, 0.3) is 6.08 Å². The molecule has 0 bridgehead atoms. The summed E-state index contributed by atoms with van der Waals surface area (Å²) in [6.07, 6.45) is 4.54. The second kappa shape index (κ2) is 6.51. The van der Waals surface area contributed by atoms with E-state index >= 15 is 0 Å². The van der Waals surface area contributed by atoms with Gasteiger partial charge in [-0.15, -0.1) is 0 Å². The fraction of sp³-hybridized carbons (Fsp3) is 0.222. The van der Waals surface area contributed by atoms with E-state index in [-0.39, 0.29) is 12.2 Å². The largest absolute Gasteiger partial charge is 0.375 e. The third-order valence-corrected chi connectivity index (χ3v) is 3.32. The van der Waals surface area contributed by atoms with E-state index in [2.05, 4.69) is 30.3 Å². The van der Waals surface area contributed by atoms with Gasteiger partial charge in [0.1, 0.15) is 12.2 Å². The lowest BCUT2D eigenvalue weighted by Crippen LogP contribution is -2.02. The predicted octanol–water partition coefficient (Wildman–Crippen LogP) is 3.86. The molecule has 3 rings (SSSR count). The van der Waals surface area contributed by atoms with E-state index in [1.54, 1.807) is 0 Å². The van der Waals surface area contributed by atoms with Crippen molar-refractivity contribution in [3.63, 3.8) is 0 Å². The van der Waals surface area contributed by atoms with Gasteiger partial charge in [0.05, 0.1) is 13.2 Å². The first kappa shape index (κ1) is 13.1. The molecule has 2 nitrogen and oxygen atoms in total. The standard InChI is InChI=1S/C18H18O2/c1-3-8-15(9-4-1)10-7-13-19-14-17-18(20-17)16-11-5-2-6-12-16/h1-12,17-18H,13-14H2. The summed E-state index contributed by atoms with van der Waals surface area (Å²) in [5.41, 5.74) is 2.43. The van der Waals surface area contributed by atoms with Crippen LogP contribution in [0.15, 0.2) is 66.7 Å². The molecule has 1 aliphatic heterocycles. The lowest BCUT2D eigenvalue weighted by atomic mass is 10.1. The molecule has 2 unspecified atom stereocenters. The maximum Gasteiger partial charge on any atom is 0.112 e. The number of epoxide rings is 1. The molecule has 1 saturated heterocycles. The summed E-state index contributed by atoms with van der Waals surface area (Å²) < 4.78 is 11.2. The Morgan fingerprint density at radius 1 is 0.950 bits per heavy atom. The summed E-state index contributed by atoms with van der Waals surface area (Å²) in [6, 6.07) is 20.5. The van der Waals surface area contributed by atoms with E-state index in [0.29, 0.717) is 13.2 Å². The summed E-state index contributed by atoms with van der Waals surface area (Å²) >= 11 is 0. The Morgan fingerprint density at radius 2 is 1.65 bits per heavy atom. The molecule has 2 aromatic carbocycles. The van der Waals surface area contributed by atoms with Crippen LogP contribution in [0.5, 0.6) is 0 Å². The summed E-state index contributed by atoms with van der Waals surface area (Å²) in [4.78, 5) is 0.